The van der Waals surface area contributed by atoms with Crippen LogP contribution < -0.4 is 14.8 Å². The van der Waals surface area contributed by atoms with Crippen LogP contribution in [0.3, 0.4) is 0 Å². The van der Waals surface area contributed by atoms with Crippen molar-refractivity contribution in [3.8, 4) is 11.5 Å². The first kappa shape index (κ1) is 19.2. The van der Waals surface area contributed by atoms with Gasteiger partial charge in [0.2, 0.25) is 5.91 Å². The molecule has 1 N–H and O–H groups in total. The summed E-state index contributed by atoms with van der Waals surface area (Å²) in [6.07, 6.45) is 1.37. The van der Waals surface area contributed by atoms with Gasteiger partial charge in [0.1, 0.15) is 6.61 Å². The molecule has 0 aromatic heterocycles. The second-order valence-electron chi connectivity index (χ2n) is 6.90. The van der Waals surface area contributed by atoms with E-state index in [0.717, 1.165) is 5.56 Å². The van der Waals surface area contributed by atoms with E-state index in [1.807, 2.05) is 61.5 Å². The van der Waals surface area contributed by atoms with E-state index in [4.69, 9.17) is 14.2 Å². The number of nitrogens with one attached hydrogen (secondary N) is 1. The van der Waals surface area contributed by atoms with Gasteiger partial charge >= 0.3 is 0 Å². The first-order valence-corrected chi connectivity index (χ1v) is 9.36. The fraction of sp³-hybridized carbons (Fsp3) is 0.409. The zero-order valence-corrected chi connectivity index (χ0v) is 15.9. The van der Waals surface area contributed by atoms with Gasteiger partial charge in [0.15, 0.2) is 11.5 Å². The quantitative estimate of drug-likeness (QED) is 0.813. The molecular weight excluding hydrogens is 342 g/mol. The molecule has 1 fully saturated rings. The molecule has 0 spiro atoms. The summed E-state index contributed by atoms with van der Waals surface area (Å²) in [5.74, 6) is 1.39. The van der Waals surface area contributed by atoms with Gasteiger partial charge in [-0.25, -0.2) is 0 Å². The Morgan fingerprint density at radius 1 is 1.07 bits per heavy atom. The summed E-state index contributed by atoms with van der Waals surface area (Å²) in [4.78, 5) is 13.2. The molecule has 2 aromatic carbocycles. The van der Waals surface area contributed by atoms with E-state index in [1.165, 1.54) is 0 Å². The predicted octanol–water partition coefficient (Wildman–Crippen LogP) is 3.33. The Balaban J connectivity index is 1.67. The maximum atomic E-state index is 13.2. The summed E-state index contributed by atoms with van der Waals surface area (Å²) in [6, 6.07) is 17.4. The third-order valence-electron chi connectivity index (χ3n) is 5.04. The van der Waals surface area contributed by atoms with E-state index in [1.54, 1.807) is 7.11 Å². The molecule has 1 unspecified atom stereocenters. The Bertz CT molecular complexity index is 741. The van der Waals surface area contributed by atoms with Crippen molar-refractivity contribution in [1.82, 2.24) is 5.32 Å². The van der Waals surface area contributed by atoms with Crippen LogP contribution in [-0.4, -0.2) is 38.9 Å². The molecule has 0 aliphatic carbocycles. The van der Waals surface area contributed by atoms with E-state index < -0.39 is 5.41 Å². The van der Waals surface area contributed by atoms with Crippen LogP contribution in [-0.2, 0) is 14.9 Å². The van der Waals surface area contributed by atoms with Crippen LogP contribution in [0.25, 0.3) is 0 Å². The number of carbonyl (C=O) groups excluding carboxylic acids is 1. The molecule has 1 atom stereocenters. The second-order valence-corrected chi connectivity index (χ2v) is 6.90. The molecule has 5 heteroatoms. The average Bonchev–Trinajstić information content (AvgIpc) is 2.73. The number of carbonyl (C=O) groups is 1. The van der Waals surface area contributed by atoms with Crippen LogP contribution in [0.4, 0.5) is 0 Å². The van der Waals surface area contributed by atoms with Crippen LogP contribution in [0.2, 0.25) is 0 Å². The summed E-state index contributed by atoms with van der Waals surface area (Å²) < 4.78 is 16.7. The van der Waals surface area contributed by atoms with Crippen LogP contribution in [0.15, 0.2) is 54.6 Å². The van der Waals surface area contributed by atoms with Crippen molar-refractivity contribution in [3.63, 3.8) is 0 Å². The van der Waals surface area contributed by atoms with Crippen molar-refractivity contribution >= 4 is 5.91 Å². The van der Waals surface area contributed by atoms with Gasteiger partial charge in [-0.3, -0.25) is 4.79 Å². The van der Waals surface area contributed by atoms with Gasteiger partial charge < -0.3 is 19.5 Å². The van der Waals surface area contributed by atoms with Crippen LogP contribution in [0.5, 0.6) is 11.5 Å². The number of benzene rings is 2. The van der Waals surface area contributed by atoms with Crippen molar-refractivity contribution in [2.45, 2.75) is 31.2 Å². The highest BCUT2D eigenvalue weighted by molar-refractivity contribution is 5.88. The standard InChI is InChI=1S/C22H27NO4/c1-17(16-27-20-11-7-6-10-19(20)25-2)23-21(24)22(12-14-26-15-13-22)18-8-4-3-5-9-18/h3-11,17H,12-16H2,1-2H3,(H,23,24). The number of methoxy groups -OCH3 is 1. The molecular formula is C22H27NO4. The van der Waals surface area contributed by atoms with Gasteiger partial charge in [-0.05, 0) is 37.5 Å². The Labute approximate surface area is 160 Å². The average molecular weight is 369 g/mol. The van der Waals surface area contributed by atoms with Gasteiger partial charge in [0.05, 0.1) is 18.6 Å². The zero-order valence-electron chi connectivity index (χ0n) is 15.9. The number of rotatable bonds is 7. The largest absolute Gasteiger partial charge is 0.493 e. The van der Waals surface area contributed by atoms with E-state index in [0.29, 0.717) is 44.2 Å². The monoisotopic (exact) mass is 369 g/mol. The zero-order chi connectivity index (χ0) is 19.1. The molecule has 1 saturated heterocycles. The van der Waals surface area contributed by atoms with Crippen molar-refractivity contribution in [2.75, 3.05) is 26.9 Å². The number of ether oxygens (including phenoxy) is 3. The van der Waals surface area contributed by atoms with Gasteiger partial charge in [-0.2, -0.15) is 0 Å². The van der Waals surface area contributed by atoms with E-state index >= 15 is 0 Å². The Kier molecular flexibility index (Phi) is 6.35. The number of hydrogen-bond acceptors (Lipinski definition) is 4. The molecule has 0 saturated carbocycles. The minimum Gasteiger partial charge on any atom is -0.493 e. The molecule has 144 valence electrons. The molecule has 1 aliphatic rings. The van der Waals surface area contributed by atoms with Crippen molar-refractivity contribution in [3.05, 3.63) is 60.2 Å². The highest BCUT2D eigenvalue weighted by Crippen LogP contribution is 2.35. The third-order valence-corrected chi connectivity index (χ3v) is 5.04. The lowest BCUT2D eigenvalue weighted by Gasteiger charge is -2.37. The van der Waals surface area contributed by atoms with Crippen LogP contribution >= 0.6 is 0 Å². The Hall–Kier alpha value is -2.53. The molecule has 27 heavy (non-hydrogen) atoms. The lowest BCUT2D eigenvalue weighted by Crippen LogP contribution is -2.51. The van der Waals surface area contributed by atoms with Crippen molar-refractivity contribution in [2.24, 2.45) is 0 Å². The van der Waals surface area contributed by atoms with Gasteiger partial charge in [-0.1, -0.05) is 42.5 Å². The minimum absolute atomic E-state index is 0.0353. The highest BCUT2D eigenvalue weighted by Gasteiger charge is 2.41. The van der Waals surface area contributed by atoms with Crippen LogP contribution in [0, 0.1) is 0 Å². The van der Waals surface area contributed by atoms with Gasteiger partial charge in [0, 0.05) is 13.2 Å². The van der Waals surface area contributed by atoms with Crippen molar-refractivity contribution in [1.29, 1.82) is 0 Å². The SMILES string of the molecule is COc1ccccc1OCC(C)NC(=O)C1(c2ccccc2)CCOCC1. The maximum absolute atomic E-state index is 13.2. The summed E-state index contributed by atoms with van der Waals surface area (Å²) >= 11 is 0. The van der Waals surface area contributed by atoms with E-state index in [-0.39, 0.29) is 11.9 Å². The first-order chi connectivity index (χ1) is 13.2. The Morgan fingerprint density at radius 3 is 2.37 bits per heavy atom. The molecule has 0 bridgehead atoms. The molecule has 5 nitrogen and oxygen atoms in total. The fourth-order valence-electron chi connectivity index (χ4n) is 3.48. The summed E-state index contributed by atoms with van der Waals surface area (Å²) in [7, 11) is 1.61. The summed E-state index contributed by atoms with van der Waals surface area (Å²) in [6.45, 7) is 3.50. The smallest absolute Gasteiger partial charge is 0.231 e. The highest BCUT2D eigenvalue weighted by atomic mass is 16.5. The number of para-hydroxylation sites is 2. The molecule has 1 heterocycles. The first-order valence-electron chi connectivity index (χ1n) is 9.36. The minimum atomic E-state index is -0.543. The summed E-state index contributed by atoms with van der Waals surface area (Å²) in [5, 5.41) is 3.14. The fourth-order valence-corrected chi connectivity index (χ4v) is 3.48. The van der Waals surface area contributed by atoms with E-state index in [2.05, 4.69) is 5.32 Å². The molecule has 0 radical (unpaired) electrons. The second kappa shape index (κ2) is 8.91. The summed E-state index contributed by atoms with van der Waals surface area (Å²) in [5.41, 5.74) is 0.502. The maximum Gasteiger partial charge on any atom is 0.231 e. The van der Waals surface area contributed by atoms with Crippen molar-refractivity contribution < 1.29 is 19.0 Å². The van der Waals surface area contributed by atoms with Gasteiger partial charge in [0.25, 0.3) is 0 Å². The number of hydrogen-bond donors (Lipinski definition) is 1. The normalized spacial score (nSPS) is 17.0. The molecule has 1 aliphatic heterocycles. The third kappa shape index (κ3) is 4.42. The molecule has 1 amide bonds. The molecule has 2 aromatic rings. The predicted molar refractivity (Wildman–Crippen MR) is 104 cm³/mol. The topological polar surface area (TPSA) is 56.8 Å². The number of amides is 1. The van der Waals surface area contributed by atoms with E-state index in [9.17, 15) is 4.79 Å². The van der Waals surface area contributed by atoms with Crippen LogP contribution in [0.1, 0.15) is 25.3 Å². The lowest BCUT2D eigenvalue weighted by atomic mass is 9.73. The molecule has 3 rings (SSSR count). The Morgan fingerprint density at radius 2 is 1.70 bits per heavy atom. The lowest BCUT2D eigenvalue weighted by molar-refractivity contribution is -0.131. The van der Waals surface area contributed by atoms with Gasteiger partial charge in [-0.15, -0.1) is 0 Å².